The topological polar surface area (TPSA) is 46.3 Å². The Hall–Kier alpha value is -1.15. The Morgan fingerprint density at radius 3 is 2.65 bits per heavy atom. The molecule has 0 unspecified atom stereocenters. The fraction of sp³-hybridized carbons (Fsp3) is 0.308. The van der Waals surface area contributed by atoms with Crippen LogP contribution in [0.25, 0.3) is 11.5 Å². The molecule has 4 heteroatoms. The third-order valence-electron chi connectivity index (χ3n) is 2.98. The van der Waals surface area contributed by atoms with Gasteiger partial charge in [0.15, 0.2) is 0 Å². The van der Waals surface area contributed by atoms with Crippen LogP contribution in [0.4, 0.5) is 0 Å². The van der Waals surface area contributed by atoms with Crippen LogP contribution in [0.15, 0.2) is 28.7 Å². The minimum Gasteiger partial charge on any atom is -0.507 e. The maximum atomic E-state index is 9.73. The molecular weight excluding hydrogens is 268 g/mol. The molecule has 1 aliphatic rings. The first-order chi connectivity index (χ1) is 7.84. The van der Waals surface area contributed by atoms with Crippen molar-refractivity contribution in [3.8, 4) is 17.2 Å². The van der Waals surface area contributed by atoms with E-state index in [0.717, 1.165) is 24.3 Å². The predicted molar refractivity (Wildman–Crippen MR) is 60.2 cm³/mol. The third kappa shape index (κ3) is 2.27. The minimum absolute atomic E-state index is 0. The number of benzene rings is 1. The van der Waals surface area contributed by atoms with E-state index in [9.17, 15) is 5.11 Å². The van der Waals surface area contributed by atoms with Gasteiger partial charge >= 0.3 is 0 Å². The summed E-state index contributed by atoms with van der Waals surface area (Å²) in [6.45, 7) is 0. The van der Waals surface area contributed by atoms with Crippen LogP contribution < -0.4 is 0 Å². The molecule has 1 aliphatic carbocycles. The van der Waals surface area contributed by atoms with Gasteiger partial charge in [0, 0.05) is 25.9 Å². The van der Waals surface area contributed by atoms with Crippen LogP contribution in [-0.4, -0.2) is 10.1 Å². The van der Waals surface area contributed by atoms with E-state index in [4.69, 9.17) is 4.42 Å². The summed E-state index contributed by atoms with van der Waals surface area (Å²) < 4.78 is 5.70. The first-order valence-electron chi connectivity index (χ1n) is 5.61. The minimum atomic E-state index is 0. The second kappa shape index (κ2) is 5.01. The number of nitrogens with zero attached hydrogens (tertiary/aromatic N) is 1. The molecule has 84 valence electrons. The van der Waals surface area contributed by atoms with Gasteiger partial charge in [-0.2, -0.15) is 0 Å². The summed E-state index contributed by atoms with van der Waals surface area (Å²) >= 11 is 0. The number of rotatable bonds is 1. The number of oxazole rings is 1. The number of para-hydroxylation sites is 1. The van der Waals surface area contributed by atoms with Crippen molar-refractivity contribution in [2.45, 2.75) is 25.7 Å². The van der Waals surface area contributed by atoms with Gasteiger partial charge in [0.25, 0.3) is 0 Å². The summed E-state index contributed by atoms with van der Waals surface area (Å²) in [7, 11) is 0. The predicted octanol–water partition coefficient (Wildman–Crippen LogP) is 2.92. The molecule has 17 heavy (non-hydrogen) atoms. The number of fused-ring (bicyclic) bond motifs is 1. The van der Waals surface area contributed by atoms with Gasteiger partial charge in [0.2, 0.25) is 5.89 Å². The SMILES string of the molecule is Oc1ccccc1-c1nc2c(o1)CCCC2.[Zn]. The van der Waals surface area contributed by atoms with E-state index in [-0.39, 0.29) is 25.2 Å². The standard InChI is InChI=1S/C13H13NO2.Zn/c15-11-7-3-1-5-9(11)13-14-10-6-2-4-8-12(10)16-13;/h1,3,5,7,15H,2,4,6,8H2;. The maximum Gasteiger partial charge on any atom is 0.230 e. The molecule has 3 nitrogen and oxygen atoms in total. The Morgan fingerprint density at radius 1 is 1.12 bits per heavy atom. The molecule has 0 atom stereocenters. The van der Waals surface area contributed by atoms with Crippen molar-refractivity contribution in [1.82, 2.24) is 4.98 Å². The molecule has 1 aromatic carbocycles. The van der Waals surface area contributed by atoms with Crippen LogP contribution >= 0.6 is 0 Å². The van der Waals surface area contributed by atoms with Gasteiger partial charge in [-0.3, -0.25) is 0 Å². The molecule has 0 saturated carbocycles. The summed E-state index contributed by atoms with van der Waals surface area (Å²) in [6, 6.07) is 7.14. The molecule has 1 N–H and O–H groups in total. The van der Waals surface area contributed by atoms with E-state index >= 15 is 0 Å². The van der Waals surface area contributed by atoms with Gasteiger partial charge in [-0.25, -0.2) is 4.98 Å². The Labute approximate surface area is 113 Å². The third-order valence-corrected chi connectivity index (χ3v) is 2.98. The molecule has 0 spiro atoms. The van der Waals surface area contributed by atoms with Crippen molar-refractivity contribution in [2.75, 3.05) is 0 Å². The number of aromatic nitrogens is 1. The number of phenols is 1. The number of hydrogen-bond acceptors (Lipinski definition) is 3. The van der Waals surface area contributed by atoms with Crippen molar-refractivity contribution in [3.63, 3.8) is 0 Å². The first kappa shape index (κ1) is 12.3. The van der Waals surface area contributed by atoms with Crippen molar-refractivity contribution in [2.24, 2.45) is 0 Å². The fourth-order valence-corrected chi connectivity index (χ4v) is 2.12. The second-order valence-electron chi connectivity index (χ2n) is 4.11. The molecule has 0 aliphatic heterocycles. The molecule has 0 fully saturated rings. The van der Waals surface area contributed by atoms with Gasteiger partial charge in [0.05, 0.1) is 11.3 Å². The second-order valence-corrected chi connectivity index (χ2v) is 4.11. The van der Waals surface area contributed by atoms with E-state index in [1.165, 1.54) is 12.8 Å². The van der Waals surface area contributed by atoms with Gasteiger partial charge in [0.1, 0.15) is 11.5 Å². The van der Waals surface area contributed by atoms with E-state index in [1.807, 2.05) is 12.1 Å². The average Bonchev–Trinajstić information content (AvgIpc) is 2.73. The van der Waals surface area contributed by atoms with Gasteiger partial charge in [-0.1, -0.05) is 12.1 Å². The molecule has 3 rings (SSSR count). The molecular formula is C13H13NO2Zn. The van der Waals surface area contributed by atoms with Gasteiger partial charge in [-0.05, 0) is 31.4 Å². The molecule has 0 saturated heterocycles. The smallest absolute Gasteiger partial charge is 0.230 e. The molecule has 2 aromatic rings. The van der Waals surface area contributed by atoms with Crippen molar-refractivity contribution in [1.29, 1.82) is 0 Å². The largest absolute Gasteiger partial charge is 0.507 e. The molecule has 0 amide bonds. The zero-order chi connectivity index (χ0) is 11.0. The van der Waals surface area contributed by atoms with Crippen LogP contribution in [-0.2, 0) is 32.3 Å². The Morgan fingerprint density at radius 2 is 1.88 bits per heavy atom. The molecule has 1 aromatic heterocycles. The fourth-order valence-electron chi connectivity index (χ4n) is 2.12. The summed E-state index contributed by atoms with van der Waals surface area (Å²) in [5, 5.41) is 9.73. The van der Waals surface area contributed by atoms with E-state index in [1.54, 1.807) is 12.1 Å². The number of aryl methyl sites for hydroxylation is 2. The number of hydrogen-bond donors (Lipinski definition) is 1. The summed E-state index contributed by atoms with van der Waals surface area (Å²) in [4.78, 5) is 4.46. The summed E-state index contributed by atoms with van der Waals surface area (Å²) in [6.07, 6.45) is 4.31. The van der Waals surface area contributed by atoms with E-state index in [2.05, 4.69) is 4.98 Å². The first-order valence-corrected chi connectivity index (χ1v) is 5.61. The molecule has 0 bridgehead atoms. The van der Waals surface area contributed by atoms with Gasteiger partial charge in [-0.15, -0.1) is 0 Å². The van der Waals surface area contributed by atoms with E-state index < -0.39 is 0 Å². The number of aromatic hydroxyl groups is 1. The zero-order valence-electron chi connectivity index (χ0n) is 9.65. The van der Waals surface area contributed by atoms with Crippen molar-refractivity contribution < 1.29 is 29.0 Å². The zero-order valence-corrected chi connectivity index (χ0v) is 12.6. The van der Waals surface area contributed by atoms with Gasteiger partial charge < -0.3 is 9.52 Å². The van der Waals surface area contributed by atoms with Crippen LogP contribution in [0.3, 0.4) is 0 Å². The number of phenolic OH excluding ortho intramolecular Hbond substituents is 1. The monoisotopic (exact) mass is 279 g/mol. The Bertz CT molecular complexity index is 498. The van der Waals surface area contributed by atoms with Crippen LogP contribution in [0.1, 0.15) is 24.3 Å². The van der Waals surface area contributed by atoms with Crippen LogP contribution in [0.2, 0.25) is 0 Å². The van der Waals surface area contributed by atoms with E-state index in [0.29, 0.717) is 11.5 Å². The molecule has 0 radical (unpaired) electrons. The average molecular weight is 281 g/mol. The Balaban J connectivity index is 0.00000108. The van der Waals surface area contributed by atoms with Crippen LogP contribution in [0.5, 0.6) is 5.75 Å². The normalized spacial score (nSPS) is 13.9. The van der Waals surface area contributed by atoms with Crippen molar-refractivity contribution in [3.05, 3.63) is 35.7 Å². The van der Waals surface area contributed by atoms with Crippen LogP contribution in [0, 0.1) is 0 Å². The van der Waals surface area contributed by atoms with Crippen molar-refractivity contribution >= 4 is 0 Å². The summed E-state index contributed by atoms with van der Waals surface area (Å²) in [5.74, 6) is 1.76. The Kier molecular flexibility index (Phi) is 3.63. The summed E-state index contributed by atoms with van der Waals surface area (Å²) in [5.41, 5.74) is 1.74. The molecule has 1 heterocycles. The maximum absolute atomic E-state index is 9.73. The quantitative estimate of drug-likeness (QED) is 0.817.